The zero-order valence-corrected chi connectivity index (χ0v) is 13.1. The predicted octanol–water partition coefficient (Wildman–Crippen LogP) is 2.32. The first-order valence-electron chi connectivity index (χ1n) is 7.32. The average Bonchev–Trinajstić information content (AvgIpc) is 3.07. The molecule has 0 amide bonds. The second-order valence-electron chi connectivity index (χ2n) is 5.46. The van der Waals surface area contributed by atoms with Crippen molar-refractivity contribution >= 4 is 11.2 Å². The third kappa shape index (κ3) is 2.17. The van der Waals surface area contributed by atoms with E-state index < -0.39 is 0 Å². The molecule has 0 fully saturated rings. The Balaban J connectivity index is 1.96. The van der Waals surface area contributed by atoms with Crippen molar-refractivity contribution in [3.63, 3.8) is 0 Å². The molecule has 0 saturated carbocycles. The summed E-state index contributed by atoms with van der Waals surface area (Å²) in [6.07, 6.45) is 0. The second-order valence-corrected chi connectivity index (χ2v) is 5.46. The summed E-state index contributed by atoms with van der Waals surface area (Å²) >= 11 is 0. The highest BCUT2D eigenvalue weighted by molar-refractivity contribution is 5.75. The summed E-state index contributed by atoms with van der Waals surface area (Å²) < 4.78 is 3.48. The first-order valence-corrected chi connectivity index (χ1v) is 7.32. The van der Waals surface area contributed by atoms with E-state index in [1.807, 2.05) is 57.2 Å². The van der Waals surface area contributed by atoms with Gasteiger partial charge in [-0.15, -0.1) is 10.2 Å². The molecule has 0 saturated heterocycles. The van der Waals surface area contributed by atoms with Crippen molar-refractivity contribution in [2.45, 2.75) is 20.8 Å². The third-order valence-electron chi connectivity index (χ3n) is 3.65. The molecule has 0 aliphatic rings. The Morgan fingerprint density at radius 3 is 2.35 bits per heavy atom. The van der Waals surface area contributed by atoms with Crippen LogP contribution in [0.15, 0.2) is 36.4 Å². The summed E-state index contributed by atoms with van der Waals surface area (Å²) in [5.41, 5.74) is 4.98. The molecule has 0 atom stereocenters. The van der Waals surface area contributed by atoms with E-state index in [4.69, 9.17) is 0 Å². The molecule has 0 bridgehead atoms. The molecule has 0 aliphatic heterocycles. The molecule has 3 heterocycles. The van der Waals surface area contributed by atoms with E-state index in [2.05, 4.69) is 25.4 Å². The number of hydrogen-bond donors (Lipinski definition) is 0. The van der Waals surface area contributed by atoms with Crippen LogP contribution >= 0.6 is 0 Å². The van der Waals surface area contributed by atoms with Crippen molar-refractivity contribution in [2.75, 3.05) is 0 Å². The van der Waals surface area contributed by atoms with Crippen molar-refractivity contribution < 1.29 is 0 Å². The van der Waals surface area contributed by atoms with Gasteiger partial charge < -0.3 is 0 Å². The average molecular weight is 305 g/mol. The Labute approximate surface area is 132 Å². The van der Waals surface area contributed by atoms with Gasteiger partial charge in [-0.25, -0.2) is 9.36 Å². The Morgan fingerprint density at radius 2 is 1.65 bits per heavy atom. The summed E-state index contributed by atoms with van der Waals surface area (Å²) in [6.45, 7) is 5.81. The van der Waals surface area contributed by atoms with E-state index in [0.29, 0.717) is 17.1 Å². The number of fused-ring (bicyclic) bond motifs is 1. The smallest absolute Gasteiger partial charge is 0.213 e. The van der Waals surface area contributed by atoms with E-state index in [9.17, 15) is 0 Å². The fraction of sp³-hybridized carbons (Fsp3) is 0.188. The Morgan fingerprint density at radius 1 is 0.870 bits per heavy atom. The molecule has 7 heteroatoms. The maximum absolute atomic E-state index is 4.64. The molecule has 4 rings (SSSR count). The summed E-state index contributed by atoms with van der Waals surface area (Å²) in [7, 11) is 0. The van der Waals surface area contributed by atoms with Crippen LogP contribution in [0.1, 0.15) is 17.1 Å². The fourth-order valence-corrected chi connectivity index (χ4v) is 2.61. The lowest BCUT2D eigenvalue weighted by Gasteiger charge is -2.04. The number of rotatable bonds is 2. The molecule has 23 heavy (non-hydrogen) atoms. The number of hydrogen-bond acceptors (Lipinski definition) is 5. The molecule has 1 aromatic carbocycles. The van der Waals surface area contributed by atoms with Crippen LogP contribution in [0.2, 0.25) is 0 Å². The van der Waals surface area contributed by atoms with Crippen molar-refractivity contribution in [3.05, 3.63) is 53.5 Å². The zero-order valence-electron chi connectivity index (χ0n) is 13.1. The summed E-state index contributed by atoms with van der Waals surface area (Å²) in [6, 6.07) is 11.8. The van der Waals surface area contributed by atoms with E-state index in [1.165, 1.54) is 0 Å². The first kappa shape index (κ1) is 13.6. The molecule has 0 radical (unpaired) electrons. The summed E-state index contributed by atoms with van der Waals surface area (Å²) in [5, 5.41) is 17.5. The van der Waals surface area contributed by atoms with Gasteiger partial charge >= 0.3 is 0 Å². The highest BCUT2D eigenvalue weighted by Crippen LogP contribution is 2.18. The van der Waals surface area contributed by atoms with Crippen LogP contribution in [0.25, 0.3) is 22.8 Å². The third-order valence-corrected chi connectivity index (χ3v) is 3.65. The van der Waals surface area contributed by atoms with Gasteiger partial charge in [-0.05, 0) is 39.0 Å². The highest BCUT2D eigenvalue weighted by atomic mass is 15.4. The number of nitrogens with zero attached hydrogens (tertiary/aromatic N) is 7. The normalized spacial score (nSPS) is 11.3. The quantitative estimate of drug-likeness (QED) is 0.568. The topological polar surface area (TPSA) is 74.3 Å². The first-order chi connectivity index (χ1) is 11.1. The Kier molecular flexibility index (Phi) is 2.94. The lowest BCUT2D eigenvalue weighted by molar-refractivity contribution is 0.752. The molecule has 7 nitrogen and oxygen atoms in total. The number of para-hydroxylation sites is 1. The van der Waals surface area contributed by atoms with Crippen LogP contribution in [0.4, 0.5) is 0 Å². The van der Waals surface area contributed by atoms with Gasteiger partial charge in [0.2, 0.25) is 0 Å². The van der Waals surface area contributed by atoms with Gasteiger partial charge in [-0.2, -0.15) is 15.2 Å². The van der Waals surface area contributed by atoms with Crippen LogP contribution in [-0.4, -0.2) is 34.7 Å². The van der Waals surface area contributed by atoms with E-state index in [1.54, 1.807) is 9.36 Å². The van der Waals surface area contributed by atoms with Crippen LogP contribution in [0.3, 0.4) is 0 Å². The van der Waals surface area contributed by atoms with E-state index in [0.717, 1.165) is 22.8 Å². The van der Waals surface area contributed by atoms with Gasteiger partial charge in [0.05, 0.1) is 17.1 Å². The minimum absolute atomic E-state index is 0.445. The summed E-state index contributed by atoms with van der Waals surface area (Å²) in [5.74, 6) is 0.445. The predicted molar refractivity (Wildman–Crippen MR) is 85.8 cm³/mol. The minimum atomic E-state index is 0.445. The highest BCUT2D eigenvalue weighted by Gasteiger charge is 2.15. The van der Waals surface area contributed by atoms with Gasteiger partial charge in [-0.1, -0.05) is 18.2 Å². The molecule has 4 aromatic rings. The van der Waals surface area contributed by atoms with Crippen LogP contribution in [-0.2, 0) is 0 Å². The standard InChI is InChI=1S/C16H15N7/c1-10-9-11(2)22(20-10)16-17-15-14(18-19-16)12(3)21-23(15)13-7-5-4-6-8-13/h4-9H,1-3H3. The van der Waals surface area contributed by atoms with Gasteiger partial charge in [0.15, 0.2) is 11.2 Å². The second kappa shape index (κ2) is 4.98. The molecule has 0 unspecified atom stereocenters. The van der Waals surface area contributed by atoms with Gasteiger partial charge in [0, 0.05) is 5.69 Å². The van der Waals surface area contributed by atoms with Crippen molar-refractivity contribution in [2.24, 2.45) is 0 Å². The number of aryl methyl sites for hydroxylation is 3. The van der Waals surface area contributed by atoms with Crippen molar-refractivity contribution in [1.29, 1.82) is 0 Å². The maximum atomic E-state index is 4.64. The van der Waals surface area contributed by atoms with Gasteiger partial charge in [0.1, 0.15) is 0 Å². The monoisotopic (exact) mass is 305 g/mol. The molecule has 114 valence electrons. The Hall–Kier alpha value is -3.09. The minimum Gasteiger partial charge on any atom is -0.213 e. The molecule has 0 spiro atoms. The summed E-state index contributed by atoms with van der Waals surface area (Å²) in [4.78, 5) is 4.64. The molecular formula is C16H15N7. The van der Waals surface area contributed by atoms with Crippen LogP contribution < -0.4 is 0 Å². The molecule has 0 N–H and O–H groups in total. The Bertz CT molecular complexity index is 998. The van der Waals surface area contributed by atoms with E-state index in [-0.39, 0.29) is 0 Å². The number of aromatic nitrogens is 7. The maximum Gasteiger partial charge on any atom is 0.272 e. The molecule has 3 aromatic heterocycles. The van der Waals surface area contributed by atoms with Crippen molar-refractivity contribution in [3.8, 4) is 11.6 Å². The van der Waals surface area contributed by atoms with Gasteiger partial charge in [-0.3, -0.25) is 0 Å². The molecular weight excluding hydrogens is 290 g/mol. The van der Waals surface area contributed by atoms with E-state index >= 15 is 0 Å². The van der Waals surface area contributed by atoms with Crippen LogP contribution in [0.5, 0.6) is 0 Å². The SMILES string of the molecule is Cc1cc(C)n(-c2nnc3c(C)nn(-c4ccccc4)c3n2)n1. The van der Waals surface area contributed by atoms with Crippen LogP contribution in [0, 0.1) is 20.8 Å². The van der Waals surface area contributed by atoms with Crippen molar-refractivity contribution in [1.82, 2.24) is 34.7 Å². The molecule has 0 aliphatic carbocycles. The fourth-order valence-electron chi connectivity index (χ4n) is 2.61. The lowest BCUT2D eigenvalue weighted by Crippen LogP contribution is -2.08. The number of benzene rings is 1. The zero-order chi connectivity index (χ0) is 16.0. The lowest BCUT2D eigenvalue weighted by atomic mass is 10.3. The van der Waals surface area contributed by atoms with Gasteiger partial charge in [0.25, 0.3) is 5.95 Å². The largest absolute Gasteiger partial charge is 0.272 e.